The number of para-hydroxylation sites is 2. The van der Waals surface area contributed by atoms with Crippen molar-refractivity contribution in [3.8, 4) is 23.0 Å². The molecule has 0 N–H and O–H groups in total. The van der Waals surface area contributed by atoms with Crippen LogP contribution in [0.3, 0.4) is 0 Å². The second-order valence-corrected chi connectivity index (χ2v) is 7.69. The fraction of sp³-hybridized carbons (Fsp3) is 0.0952. The first-order valence-electron chi connectivity index (χ1n) is 8.52. The maximum Gasteiger partial charge on any atom is 0.342 e. The first-order valence-corrected chi connectivity index (χ1v) is 9.93. The Bertz CT molecular complexity index is 1260. The van der Waals surface area contributed by atoms with Crippen LogP contribution in [-0.4, -0.2) is 20.5 Å². The third kappa shape index (κ3) is 3.32. The molecule has 0 fully saturated rings. The second kappa shape index (κ2) is 7.01. The molecule has 0 amide bonds. The van der Waals surface area contributed by atoms with Crippen LogP contribution in [-0.2, 0) is 10.1 Å². The van der Waals surface area contributed by atoms with Gasteiger partial charge in [-0.3, -0.25) is 0 Å². The van der Waals surface area contributed by atoms with Gasteiger partial charge in [0, 0.05) is 0 Å². The standard InChI is InChI=1S/C21H17NO5S/c1-14-11-12-16-19(13-14)26-21(22-16)15-7-3-4-8-17(15)27-28(23,24)20-10-6-5-9-18(20)25-2/h3-13H,1-2H3. The summed E-state index contributed by atoms with van der Waals surface area (Å²) in [5, 5.41) is 0. The monoisotopic (exact) mass is 395 g/mol. The van der Waals surface area contributed by atoms with Gasteiger partial charge in [-0.1, -0.05) is 30.3 Å². The summed E-state index contributed by atoms with van der Waals surface area (Å²) in [5.74, 6) is 0.612. The van der Waals surface area contributed by atoms with Gasteiger partial charge in [-0.25, -0.2) is 4.98 Å². The first kappa shape index (κ1) is 18.1. The minimum atomic E-state index is -4.12. The van der Waals surface area contributed by atoms with Crippen molar-refractivity contribution < 1.29 is 21.8 Å². The number of nitrogens with zero attached hydrogens (tertiary/aromatic N) is 1. The topological polar surface area (TPSA) is 78.6 Å². The Balaban J connectivity index is 1.77. The molecule has 1 aromatic heterocycles. The van der Waals surface area contributed by atoms with E-state index in [9.17, 15) is 8.42 Å². The van der Waals surface area contributed by atoms with E-state index in [0.29, 0.717) is 16.7 Å². The van der Waals surface area contributed by atoms with Crippen LogP contribution in [0.4, 0.5) is 0 Å². The Morgan fingerprint density at radius 1 is 0.929 bits per heavy atom. The van der Waals surface area contributed by atoms with Gasteiger partial charge in [0.1, 0.15) is 16.2 Å². The molecule has 4 rings (SSSR count). The molecule has 0 aliphatic carbocycles. The molecule has 0 saturated heterocycles. The highest BCUT2D eigenvalue weighted by Gasteiger charge is 2.24. The lowest BCUT2D eigenvalue weighted by Gasteiger charge is -2.12. The van der Waals surface area contributed by atoms with Crippen molar-refractivity contribution in [1.82, 2.24) is 4.98 Å². The number of aromatic nitrogens is 1. The van der Waals surface area contributed by atoms with Crippen molar-refractivity contribution in [3.63, 3.8) is 0 Å². The number of ether oxygens (including phenoxy) is 1. The van der Waals surface area contributed by atoms with Gasteiger partial charge in [-0.05, 0) is 48.9 Å². The van der Waals surface area contributed by atoms with Crippen LogP contribution in [0.1, 0.15) is 5.56 Å². The summed E-state index contributed by atoms with van der Waals surface area (Å²) in [4.78, 5) is 4.40. The molecule has 0 unspecified atom stereocenters. The summed E-state index contributed by atoms with van der Waals surface area (Å²) >= 11 is 0. The summed E-state index contributed by atoms with van der Waals surface area (Å²) in [6.45, 7) is 1.96. The molecule has 1 heterocycles. The van der Waals surface area contributed by atoms with Crippen LogP contribution in [0.5, 0.6) is 11.5 Å². The third-order valence-corrected chi connectivity index (χ3v) is 5.47. The van der Waals surface area contributed by atoms with Gasteiger partial charge in [-0.2, -0.15) is 8.42 Å². The van der Waals surface area contributed by atoms with Crippen molar-refractivity contribution in [1.29, 1.82) is 0 Å². The van der Waals surface area contributed by atoms with E-state index < -0.39 is 10.1 Å². The summed E-state index contributed by atoms with van der Waals surface area (Å²) in [6, 6.07) is 18.6. The molecule has 142 valence electrons. The van der Waals surface area contributed by atoms with Gasteiger partial charge in [0.05, 0.1) is 12.7 Å². The number of methoxy groups -OCH3 is 1. The maximum atomic E-state index is 12.8. The molecule has 7 heteroatoms. The highest BCUT2D eigenvalue weighted by atomic mass is 32.2. The molecule has 0 bridgehead atoms. The first-order chi connectivity index (χ1) is 13.5. The van der Waals surface area contributed by atoms with E-state index in [2.05, 4.69) is 4.98 Å². The molecular weight excluding hydrogens is 378 g/mol. The number of benzene rings is 3. The Hall–Kier alpha value is -3.32. The molecule has 6 nitrogen and oxygen atoms in total. The lowest BCUT2D eigenvalue weighted by atomic mass is 10.2. The number of hydrogen-bond donors (Lipinski definition) is 0. The average Bonchev–Trinajstić information content (AvgIpc) is 3.11. The molecule has 0 saturated carbocycles. The summed E-state index contributed by atoms with van der Waals surface area (Å²) in [7, 11) is -2.71. The maximum absolute atomic E-state index is 12.8. The second-order valence-electron chi connectivity index (χ2n) is 6.17. The molecule has 28 heavy (non-hydrogen) atoms. The molecular formula is C21H17NO5S. The van der Waals surface area contributed by atoms with Crippen LogP contribution < -0.4 is 8.92 Å². The fourth-order valence-corrected chi connectivity index (χ4v) is 3.97. The quantitative estimate of drug-likeness (QED) is 0.460. The minimum Gasteiger partial charge on any atom is -0.495 e. The molecule has 4 aromatic rings. The highest BCUT2D eigenvalue weighted by Crippen LogP contribution is 2.34. The average molecular weight is 395 g/mol. The fourth-order valence-electron chi connectivity index (χ4n) is 2.85. The smallest absolute Gasteiger partial charge is 0.342 e. The van der Waals surface area contributed by atoms with Gasteiger partial charge in [0.15, 0.2) is 11.3 Å². The van der Waals surface area contributed by atoms with E-state index >= 15 is 0 Å². The minimum absolute atomic E-state index is 0.0551. The van der Waals surface area contributed by atoms with Gasteiger partial charge in [0.25, 0.3) is 0 Å². The zero-order valence-corrected chi connectivity index (χ0v) is 16.1. The van der Waals surface area contributed by atoms with Crippen LogP contribution in [0.15, 0.2) is 76.0 Å². The van der Waals surface area contributed by atoms with E-state index in [0.717, 1.165) is 5.56 Å². The van der Waals surface area contributed by atoms with E-state index in [-0.39, 0.29) is 22.3 Å². The number of fused-ring (bicyclic) bond motifs is 1. The summed E-state index contributed by atoms with van der Waals surface area (Å²) < 4.78 is 42.1. The van der Waals surface area contributed by atoms with Crippen molar-refractivity contribution in [2.45, 2.75) is 11.8 Å². The number of rotatable bonds is 5. The van der Waals surface area contributed by atoms with Crippen LogP contribution in [0.2, 0.25) is 0 Å². The van der Waals surface area contributed by atoms with E-state index in [1.807, 2.05) is 25.1 Å². The third-order valence-electron chi connectivity index (χ3n) is 4.20. The Morgan fingerprint density at radius 3 is 2.43 bits per heavy atom. The molecule has 0 aliphatic heterocycles. The molecule has 0 radical (unpaired) electrons. The van der Waals surface area contributed by atoms with Crippen LogP contribution >= 0.6 is 0 Å². The number of aryl methyl sites for hydroxylation is 1. The zero-order chi connectivity index (χ0) is 19.7. The normalized spacial score (nSPS) is 11.5. The predicted octanol–water partition coefficient (Wildman–Crippen LogP) is 4.58. The van der Waals surface area contributed by atoms with Crippen molar-refractivity contribution in [2.75, 3.05) is 7.11 Å². The Labute approximate surface area is 162 Å². The Kier molecular flexibility index (Phi) is 4.52. The molecule has 0 atom stereocenters. The lowest BCUT2D eigenvalue weighted by molar-refractivity contribution is 0.398. The van der Waals surface area contributed by atoms with Crippen molar-refractivity contribution in [2.24, 2.45) is 0 Å². The molecule has 3 aromatic carbocycles. The molecule has 0 spiro atoms. The van der Waals surface area contributed by atoms with Crippen LogP contribution in [0.25, 0.3) is 22.6 Å². The summed E-state index contributed by atoms with van der Waals surface area (Å²) in [5.41, 5.74) is 2.79. The van der Waals surface area contributed by atoms with Crippen molar-refractivity contribution >= 4 is 21.2 Å². The number of oxazole rings is 1. The largest absolute Gasteiger partial charge is 0.495 e. The van der Waals surface area contributed by atoms with Crippen LogP contribution in [0, 0.1) is 6.92 Å². The lowest BCUT2D eigenvalue weighted by Crippen LogP contribution is -2.11. The Morgan fingerprint density at radius 2 is 1.64 bits per heavy atom. The van der Waals surface area contributed by atoms with Gasteiger partial charge in [-0.15, -0.1) is 0 Å². The summed E-state index contributed by atoms with van der Waals surface area (Å²) in [6.07, 6.45) is 0. The zero-order valence-electron chi connectivity index (χ0n) is 15.2. The van der Waals surface area contributed by atoms with Gasteiger partial charge in [0.2, 0.25) is 5.89 Å². The highest BCUT2D eigenvalue weighted by molar-refractivity contribution is 7.87. The SMILES string of the molecule is COc1ccccc1S(=O)(=O)Oc1ccccc1-c1nc2ccc(C)cc2o1. The van der Waals surface area contributed by atoms with E-state index in [4.69, 9.17) is 13.3 Å². The molecule has 0 aliphatic rings. The van der Waals surface area contributed by atoms with Crippen molar-refractivity contribution in [3.05, 3.63) is 72.3 Å². The van der Waals surface area contributed by atoms with E-state index in [1.54, 1.807) is 42.5 Å². The van der Waals surface area contributed by atoms with E-state index in [1.165, 1.54) is 13.2 Å². The van der Waals surface area contributed by atoms with Gasteiger partial charge >= 0.3 is 10.1 Å². The number of hydrogen-bond acceptors (Lipinski definition) is 6. The van der Waals surface area contributed by atoms with Gasteiger partial charge < -0.3 is 13.3 Å². The predicted molar refractivity (Wildman–Crippen MR) is 105 cm³/mol.